The molecule has 15 heteroatoms. The van der Waals surface area contributed by atoms with E-state index in [1.807, 2.05) is 6.92 Å². The van der Waals surface area contributed by atoms with Crippen LogP contribution >= 0.6 is 23.2 Å². The molecule has 4 N–H and O–H groups in total. The lowest BCUT2D eigenvalue weighted by Crippen LogP contribution is -2.65. The first-order valence-corrected chi connectivity index (χ1v) is 20.0. The Morgan fingerprint density at radius 2 is 1.62 bits per heavy atom. The van der Waals surface area contributed by atoms with Crippen LogP contribution in [0.5, 0.6) is 0 Å². The Labute approximate surface area is 293 Å². The summed E-state index contributed by atoms with van der Waals surface area (Å²) in [5.41, 5.74) is -1.72. The Bertz CT molecular complexity index is 1410. The summed E-state index contributed by atoms with van der Waals surface area (Å²) in [5.74, 6) is -3.50. The van der Waals surface area contributed by atoms with E-state index in [1.165, 1.54) is 4.90 Å². The molecule has 0 aromatic heterocycles. The highest BCUT2D eigenvalue weighted by molar-refractivity contribution is 7.92. The van der Waals surface area contributed by atoms with Gasteiger partial charge in [0, 0.05) is 24.4 Å². The number of carbonyl (C=O) groups excluding carboxylic acids is 5. The fourth-order valence-electron chi connectivity index (χ4n) is 8.04. The first kappa shape index (κ1) is 37.1. The maximum Gasteiger partial charge on any atom is 0.315 e. The van der Waals surface area contributed by atoms with E-state index in [9.17, 15) is 32.4 Å². The number of urea groups is 1. The number of amides is 5. The van der Waals surface area contributed by atoms with Crippen molar-refractivity contribution in [1.29, 1.82) is 0 Å². The Morgan fingerprint density at radius 3 is 2.19 bits per heavy atom. The number of fused-ring (bicyclic) bond motifs is 1. The molecule has 5 aliphatic rings. The molecule has 5 fully saturated rings. The van der Waals surface area contributed by atoms with Gasteiger partial charge in [-0.05, 0) is 50.4 Å². The van der Waals surface area contributed by atoms with Gasteiger partial charge >= 0.3 is 6.03 Å². The van der Waals surface area contributed by atoms with Gasteiger partial charge in [0.1, 0.15) is 16.4 Å². The molecule has 48 heavy (non-hydrogen) atoms. The summed E-state index contributed by atoms with van der Waals surface area (Å²) in [5, 5.41) is 10.6. The molecule has 2 aliphatic heterocycles. The Balaban J connectivity index is 1.34. The minimum atomic E-state index is -3.37. The normalized spacial score (nSPS) is 29.6. The van der Waals surface area contributed by atoms with Gasteiger partial charge in [0.25, 0.3) is 5.91 Å². The van der Waals surface area contributed by atoms with Crippen LogP contribution in [-0.2, 0) is 29.0 Å². The van der Waals surface area contributed by atoms with E-state index in [0.29, 0.717) is 32.1 Å². The topological polar surface area (TPSA) is 171 Å². The second-order valence-electron chi connectivity index (χ2n) is 15.7. The summed E-state index contributed by atoms with van der Waals surface area (Å²) in [6, 6.07) is -3.95. The number of nitrogens with one attached hydrogen (secondary N) is 4. The number of Topliss-reactive ketones (excluding diaryl/α,β-unsaturated/α-hetero) is 1. The number of hydrogen-bond acceptors (Lipinski definition) is 7. The molecule has 5 rings (SSSR count). The first-order valence-electron chi connectivity index (χ1n) is 17.6. The maximum absolute atomic E-state index is 14.4. The lowest BCUT2D eigenvalue weighted by molar-refractivity contribution is -0.144. The number of piperidine rings is 1. The molecule has 0 aromatic rings. The van der Waals surface area contributed by atoms with Gasteiger partial charge in [-0.2, -0.15) is 0 Å². The molecule has 5 amide bonds. The summed E-state index contributed by atoms with van der Waals surface area (Å²) in [7, 11) is -3.37. The van der Waals surface area contributed by atoms with Crippen LogP contribution in [0.15, 0.2) is 0 Å². The molecule has 1 unspecified atom stereocenters. The Morgan fingerprint density at radius 1 is 0.958 bits per heavy atom. The fourth-order valence-corrected chi connectivity index (χ4v) is 11.2. The van der Waals surface area contributed by atoms with Crippen LogP contribution in [0.1, 0.15) is 105 Å². The quantitative estimate of drug-likeness (QED) is 0.177. The van der Waals surface area contributed by atoms with Crippen molar-refractivity contribution in [1.82, 2.24) is 26.2 Å². The van der Waals surface area contributed by atoms with Gasteiger partial charge in [-0.3, -0.25) is 19.2 Å². The molecular formula is C33H51Cl2N5O7S. The van der Waals surface area contributed by atoms with Crippen molar-refractivity contribution in [3.63, 3.8) is 0 Å². The van der Waals surface area contributed by atoms with E-state index in [0.717, 1.165) is 38.5 Å². The summed E-state index contributed by atoms with van der Waals surface area (Å²) < 4.78 is 24.8. The van der Waals surface area contributed by atoms with Gasteiger partial charge in [-0.25, -0.2) is 13.2 Å². The van der Waals surface area contributed by atoms with Crippen molar-refractivity contribution in [2.75, 3.05) is 12.3 Å². The predicted molar refractivity (Wildman–Crippen MR) is 182 cm³/mol. The van der Waals surface area contributed by atoms with Gasteiger partial charge in [0.05, 0.1) is 22.6 Å². The van der Waals surface area contributed by atoms with Crippen LogP contribution in [0.25, 0.3) is 0 Å². The molecule has 3 aliphatic carbocycles. The molecular weight excluding hydrogens is 681 g/mol. The number of alkyl halides is 2. The van der Waals surface area contributed by atoms with Crippen molar-refractivity contribution >= 4 is 62.6 Å². The highest BCUT2D eigenvalue weighted by Crippen LogP contribution is 2.65. The second kappa shape index (κ2) is 13.9. The van der Waals surface area contributed by atoms with Crippen LogP contribution in [0.2, 0.25) is 0 Å². The highest BCUT2D eigenvalue weighted by Gasteiger charge is 2.74. The average Bonchev–Trinajstić information content (AvgIpc) is 3.79. The number of likely N-dealkylation sites (tertiary alicyclic amines) is 1. The van der Waals surface area contributed by atoms with Gasteiger partial charge in [-0.15, -0.1) is 23.2 Å². The molecule has 3 saturated carbocycles. The van der Waals surface area contributed by atoms with Gasteiger partial charge in [0.15, 0.2) is 9.84 Å². The third-order valence-electron chi connectivity index (χ3n) is 10.9. The van der Waals surface area contributed by atoms with E-state index in [1.54, 1.807) is 20.8 Å². The van der Waals surface area contributed by atoms with E-state index in [2.05, 4.69) is 21.3 Å². The Hall–Kier alpha value is -2.12. The van der Waals surface area contributed by atoms with Crippen LogP contribution in [0.3, 0.4) is 0 Å². The molecule has 2 saturated heterocycles. The summed E-state index contributed by atoms with van der Waals surface area (Å²) in [6.45, 7) is 7.40. The monoisotopic (exact) mass is 731 g/mol. The largest absolute Gasteiger partial charge is 0.347 e. The number of halogens is 2. The van der Waals surface area contributed by atoms with Crippen molar-refractivity contribution in [2.24, 2.45) is 17.3 Å². The van der Waals surface area contributed by atoms with E-state index in [4.69, 9.17) is 23.2 Å². The van der Waals surface area contributed by atoms with Gasteiger partial charge in [-0.1, -0.05) is 59.8 Å². The lowest BCUT2D eigenvalue weighted by atomic mass is 9.78. The molecule has 0 radical (unpaired) electrons. The number of hydrogen-bond donors (Lipinski definition) is 4. The van der Waals surface area contributed by atoms with Crippen LogP contribution < -0.4 is 21.3 Å². The standard InChI is InChI=1S/C33H51Cl2N5O7S/c1-5-6-11-21(25(41)28(43)36-19-13-14-19)37-27(42)24-23-20(33(23,34)35)18-40(24)29(44)26(31(2,3)4)38-30(45)39-32(15-8-7-9-16-32)22-12-10-17-48(22,46)47/h19-24,26H,5-18H2,1-4H3,(H,36,43)(H,37,42)(H2,38,39,45)/t20-,21-,22?,23-,24-,26+/m0/s1. The molecule has 2 heterocycles. The van der Waals surface area contributed by atoms with E-state index >= 15 is 0 Å². The van der Waals surface area contributed by atoms with Crippen molar-refractivity contribution < 1.29 is 32.4 Å². The smallest absolute Gasteiger partial charge is 0.315 e. The summed E-state index contributed by atoms with van der Waals surface area (Å²) >= 11 is 13.1. The molecule has 12 nitrogen and oxygen atoms in total. The average molecular weight is 733 g/mol. The zero-order chi connectivity index (χ0) is 35.2. The van der Waals surface area contributed by atoms with Crippen molar-refractivity contribution in [3.05, 3.63) is 0 Å². The summed E-state index contributed by atoms with van der Waals surface area (Å²) in [4.78, 5) is 69.2. The van der Waals surface area contributed by atoms with E-state index in [-0.39, 0.29) is 24.8 Å². The predicted octanol–water partition coefficient (Wildman–Crippen LogP) is 3.13. The van der Waals surface area contributed by atoms with Gasteiger partial charge < -0.3 is 26.2 Å². The number of ketones is 1. The summed E-state index contributed by atoms with van der Waals surface area (Å²) in [6.07, 6.45) is 7.88. The molecule has 0 aromatic carbocycles. The molecule has 0 spiro atoms. The van der Waals surface area contributed by atoms with Crippen LogP contribution in [-0.4, -0.2) is 94.4 Å². The zero-order valence-electron chi connectivity index (χ0n) is 28.4. The first-order chi connectivity index (χ1) is 22.4. The third kappa shape index (κ3) is 7.62. The van der Waals surface area contributed by atoms with Gasteiger partial charge in [0.2, 0.25) is 17.6 Å². The molecule has 0 bridgehead atoms. The number of carbonyl (C=O) groups is 5. The highest BCUT2D eigenvalue weighted by atomic mass is 35.5. The minimum absolute atomic E-state index is 0.0261. The lowest BCUT2D eigenvalue weighted by Gasteiger charge is -2.43. The molecule has 6 atom stereocenters. The van der Waals surface area contributed by atoms with Crippen molar-refractivity contribution in [2.45, 2.75) is 144 Å². The number of sulfone groups is 1. The van der Waals surface area contributed by atoms with Crippen molar-refractivity contribution in [3.8, 4) is 0 Å². The SMILES string of the molecule is CCCC[C@H](NC(=O)[C@@H]1[C@@H]2[C@H](CN1C(=O)[C@@H](NC(=O)NC1(C3CCCS3(=O)=O)CCCCC1)C(C)(C)C)C2(Cl)Cl)C(=O)C(=O)NC1CC1. The number of nitrogens with zero attached hydrogens (tertiary/aromatic N) is 1. The number of unbranched alkanes of at least 4 members (excludes halogenated alkanes) is 1. The molecule has 270 valence electrons. The van der Waals surface area contributed by atoms with Crippen LogP contribution in [0, 0.1) is 17.3 Å². The third-order valence-corrected chi connectivity index (χ3v) is 14.4. The maximum atomic E-state index is 14.4. The zero-order valence-corrected chi connectivity index (χ0v) is 30.7. The number of rotatable bonds is 12. The minimum Gasteiger partial charge on any atom is -0.347 e. The second-order valence-corrected chi connectivity index (χ2v) is 19.4. The fraction of sp³-hybridized carbons (Fsp3) is 0.848. The Kier molecular flexibility index (Phi) is 10.7. The van der Waals surface area contributed by atoms with Crippen LogP contribution in [0.4, 0.5) is 4.79 Å². The van der Waals surface area contributed by atoms with E-state index < -0.39 is 89.9 Å².